The highest BCUT2D eigenvalue weighted by atomic mass is 19.1. The van der Waals surface area contributed by atoms with Crippen LogP contribution in [0.2, 0.25) is 0 Å². The fraction of sp³-hybridized carbons (Fsp3) is 0.321. The predicted molar refractivity (Wildman–Crippen MR) is 128 cm³/mol. The van der Waals surface area contributed by atoms with Gasteiger partial charge in [-0.1, -0.05) is 42.5 Å². The van der Waals surface area contributed by atoms with Crippen molar-refractivity contribution >= 4 is 17.5 Å². The lowest BCUT2D eigenvalue weighted by atomic mass is 9.78. The Labute approximate surface area is 198 Å². The van der Waals surface area contributed by atoms with Gasteiger partial charge in [0.15, 0.2) is 0 Å². The second-order valence-corrected chi connectivity index (χ2v) is 9.54. The molecule has 2 atom stereocenters. The van der Waals surface area contributed by atoms with Crippen LogP contribution in [0.3, 0.4) is 0 Å². The molecule has 34 heavy (non-hydrogen) atoms. The first kappa shape index (κ1) is 22.5. The number of anilines is 2. The summed E-state index contributed by atoms with van der Waals surface area (Å²) in [6.07, 6.45) is 1.04. The van der Waals surface area contributed by atoms with Crippen LogP contribution >= 0.6 is 0 Å². The summed E-state index contributed by atoms with van der Waals surface area (Å²) in [6.45, 7) is 4.89. The summed E-state index contributed by atoms with van der Waals surface area (Å²) in [5.74, 6) is -0.257. The van der Waals surface area contributed by atoms with Crippen molar-refractivity contribution in [3.05, 3.63) is 95.1 Å². The highest BCUT2D eigenvalue weighted by Gasteiger charge is 2.43. The van der Waals surface area contributed by atoms with Crippen LogP contribution in [0.1, 0.15) is 35.4 Å². The van der Waals surface area contributed by atoms with Crippen molar-refractivity contribution in [1.82, 2.24) is 4.90 Å². The van der Waals surface area contributed by atoms with E-state index in [4.69, 9.17) is 0 Å². The van der Waals surface area contributed by atoms with E-state index in [0.717, 1.165) is 66.7 Å². The van der Waals surface area contributed by atoms with Gasteiger partial charge in [0.2, 0.25) is 0 Å². The Balaban J connectivity index is 1.44. The standard InChI is InChI=1S/C28H28F2N2O2/c1-18-25(8-5-9-26(18)32(28(33)34)24-13-22(29)12-23(30)14-24)27-20-10-11-21(27)17-31(16-20)15-19-6-3-2-4-7-19/h2-9,12-14,20-21,27H,10-11,15-17H2,1H3,(H,33,34). The predicted octanol–water partition coefficient (Wildman–Crippen LogP) is 6.71. The van der Waals surface area contributed by atoms with Gasteiger partial charge < -0.3 is 5.11 Å². The van der Waals surface area contributed by atoms with Crippen LogP contribution in [-0.4, -0.2) is 29.2 Å². The molecule has 2 fully saturated rings. The summed E-state index contributed by atoms with van der Waals surface area (Å²) < 4.78 is 27.8. The Bertz CT molecular complexity index is 1170. The van der Waals surface area contributed by atoms with Crippen LogP contribution in [0.5, 0.6) is 0 Å². The number of halogens is 2. The number of hydrogen-bond donors (Lipinski definition) is 1. The fourth-order valence-corrected chi connectivity index (χ4v) is 6.06. The van der Waals surface area contributed by atoms with E-state index in [2.05, 4.69) is 35.2 Å². The van der Waals surface area contributed by atoms with Crippen LogP contribution in [0.25, 0.3) is 0 Å². The van der Waals surface area contributed by atoms with Crippen molar-refractivity contribution in [1.29, 1.82) is 0 Å². The Morgan fingerprint density at radius 2 is 1.62 bits per heavy atom. The summed E-state index contributed by atoms with van der Waals surface area (Å²) in [6, 6.07) is 19.0. The van der Waals surface area contributed by atoms with Crippen molar-refractivity contribution < 1.29 is 18.7 Å². The van der Waals surface area contributed by atoms with Gasteiger partial charge in [0.1, 0.15) is 11.6 Å². The Hall–Kier alpha value is -3.25. The molecule has 1 saturated carbocycles. The number of benzene rings is 3. The van der Waals surface area contributed by atoms with E-state index in [9.17, 15) is 18.7 Å². The molecule has 0 radical (unpaired) electrons. The highest BCUT2D eigenvalue weighted by Crippen LogP contribution is 2.50. The average Bonchev–Trinajstić information content (AvgIpc) is 3.05. The number of nitrogens with zero attached hydrogens (tertiary/aromatic N) is 2. The van der Waals surface area contributed by atoms with Crippen LogP contribution in [0, 0.1) is 30.4 Å². The van der Waals surface area contributed by atoms with Crippen molar-refractivity contribution in [2.45, 2.75) is 32.2 Å². The molecular formula is C28H28F2N2O2. The monoisotopic (exact) mass is 462 g/mol. The number of hydrogen-bond acceptors (Lipinski definition) is 2. The molecular weight excluding hydrogens is 434 g/mol. The average molecular weight is 463 g/mol. The molecule has 5 rings (SSSR count). The Morgan fingerprint density at radius 3 is 2.24 bits per heavy atom. The highest BCUT2D eigenvalue weighted by molar-refractivity contribution is 5.95. The Kier molecular flexibility index (Phi) is 6.09. The van der Waals surface area contributed by atoms with Gasteiger partial charge in [-0.2, -0.15) is 0 Å². The molecule has 0 aromatic heterocycles. The van der Waals surface area contributed by atoms with Crippen molar-refractivity contribution in [2.24, 2.45) is 11.8 Å². The summed E-state index contributed by atoms with van der Waals surface area (Å²) in [4.78, 5) is 15.7. The summed E-state index contributed by atoms with van der Waals surface area (Å²) >= 11 is 0. The van der Waals surface area contributed by atoms with Crippen LogP contribution < -0.4 is 4.90 Å². The van der Waals surface area contributed by atoms with Gasteiger partial charge in [-0.25, -0.2) is 18.5 Å². The lowest BCUT2D eigenvalue weighted by molar-refractivity contribution is 0.138. The third-order valence-corrected chi connectivity index (χ3v) is 7.40. The second-order valence-electron chi connectivity index (χ2n) is 9.54. The zero-order chi connectivity index (χ0) is 23.8. The van der Waals surface area contributed by atoms with E-state index in [0.29, 0.717) is 23.4 Å². The van der Waals surface area contributed by atoms with Gasteiger partial charge in [0.25, 0.3) is 0 Å². The molecule has 3 aromatic rings. The molecule has 4 nitrogen and oxygen atoms in total. The smallest absolute Gasteiger partial charge is 0.416 e. The van der Waals surface area contributed by atoms with E-state index >= 15 is 0 Å². The number of amides is 1. The molecule has 1 amide bonds. The second kappa shape index (κ2) is 9.18. The first-order valence-electron chi connectivity index (χ1n) is 11.8. The zero-order valence-corrected chi connectivity index (χ0v) is 19.1. The molecule has 3 aromatic carbocycles. The number of carbonyl (C=O) groups is 1. The number of fused-ring (bicyclic) bond motifs is 2. The number of rotatable bonds is 5. The van der Waals surface area contributed by atoms with Gasteiger partial charge in [-0.15, -0.1) is 0 Å². The maximum Gasteiger partial charge on any atom is 0.416 e. The zero-order valence-electron chi connectivity index (χ0n) is 19.1. The molecule has 2 aliphatic rings. The van der Waals surface area contributed by atoms with E-state index < -0.39 is 17.7 Å². The van der Waals surface area contributed by atoms with Crippen molar-refractivity contribution in [3.63, 3.8) is 0 Å². The first-order valence-corrected chi connectivity index (χ1v) is 11.8. The van der Waals surface area contributed by atoms with E-state index in [-0.39, 0.29) is 5.69 Å². The third kappa shape index (κ3) is 4.30. The summed E-state index contributed by atoms with van der Waals surface area (Å²) in [5.41, 5.74) is 3.73. The maximum absolute atomic E-state index is 13.9. The number of piperidine rings is 1. The van der Waals surface area contributed by atoms with E-state index in [1.165, 1.54) is 5.56 Å². The van der Waals surface area contributed by atoms with Gasteiger partial charge >= 0.3 is 6.09 Å². The molecule has 1 N–H and O–H groups in total. The first-order chi connectivity index (χ1) is 16.4. The third-order valence-electron chi connectivity index (χ3n) is 7.40. The molecule has 6 heteroatoms. The molecule has 1 aliphatic heterocycles. The Morgan fingerprint density at radius 1 is 0.971 bits per heavy atom. The molecule has 0 spiro atoms. The van der Waals surface area contributed by atoms with E-state index in [1.54, 1.807) is 6.07 Å². The molecule has 1 saturated heterocycles. The quantitative estimate of drug-likeness (QED) is 0.458. The molecule has 1 aliphatic carbocycles. The summed E-state index contributed by atoms with van der Waals surface area (Å²) in [7, 11) is 0. The van der Waals surface area contributed by atoms with Gasteiger partial charge in [-0.3, -0.25) is 4.90 Å². The van der Waals surface area contributed by atoms with Gasteiger partial charge in [-0.05, 0) is 72.4 Å². The summed E-state index contributed by atoms with van der Waals surface area (Å²) in [5, 5.41) is 9.95. The lowest BCUT2D eigenvalue weighted by Crippen LogP contribution is -2.40. The maximum atomic E-state index is 13.9. The molecule has 2 bridgehead atoms. The minimum absolute atomic E-state index is 0.0362. The topological polar surface area (TPSA) is 43.8 Å². The van der Waals surface area contributed by atoms with Gasteiger partial charge in [0.05, 0.1) is 11.4 Å². The molecule has 2 unspecified atom stereocenters. The van der Waals surface area contributed by atoms with Crippen molar-refractivity contribution in [3.8, 4) is 0 Å². The van der Waals surface area contributed by atoms with Gasteiger partial charge in [0, 0.05) is 25.7 Å². The SMILES string of the molecule is Cc1c(C2C3CCC2CN(Cc2ccccc2)C3)cccc1N(C(=O)O)c1cc(F)cc(F)c1. The number of carboxylic acid groups (broad SMARTS) is 1. The number of likely N-dealkylation sites (tertiary alicyclic amines) is 1. The van der Waals surface area contributed by atoms with Crippen LogP contribution in [0.15, 0.2) is 66.7 Å². The molecule has 1 heterocycles. The van der Waals surface area contributed by atoms with Crippen molar-refractivity contribution in [2.75, 3.05) is 18.0 Å². The lowest BCUT2D eigenvalue weighted by Gasteiger charge is -2.39. The fourth-order valence-electron chi connectivity index (χ4n) is 6.06. The van der Waals surface area contributed by atoms with E-state index in [1.807, 2.05) is 19.1 Å². The minimum atomic E-state index is -1.27. The normalized spacial score (nSPS) is 22.0. The van der Waals surface area contributed by atoms with Crippen LogP contribution in [0.4, 0.5) is 25.0 Å². The molecule has 176 valence electrons. The van der Waals surface area contributed by atoms with Crippen LogP contribution in [-0.2, 0) is 6.54 Å². The largest absolute Gasteiger partial charge is 0.464 e. The minimum Gasteiger partial charge on any atom is -0.464 e.